The summed E-state index contributed by atoms with van der Waals surface area (Å²) in [6.07, 6.45) is 0. The van der Waals surface area contributed by atoms with Crippen LogP contribution in [-0.2, 0) is 6.61 Å². The molecular weight excluding hydrogens is 352 g/mol. The lowest BCUT2D eigenvalue weighted by atomic mass is 10.1. The number of nitrogens with one attached hydrogen (secondary N) is 1. The van der Waals surface area contributed by atoms with E-state index in [-0.39, 0.29) is 18.2 Å². The van der Waals surface area contributed by atoms with Crippen molar-refractivity contribution in [3.63, 3.8) is 0 Å². The van der Waals surface area contributed by atoms with Crippen LogP contribution in [0.5, 0.6) is 5.75 Å². The van der Waals surface area contributed by atoms with Crippen LogP contribution in [0.25, 0.3) is 0 Å². The molecule has 134 valence electrons. The highest BCUT2D eigenvalue weighted by atomic mass is 35.5. The van der Waals surface area contributed by atoms with Crippen LogP contribution in [0.4, 0.5) is 5.69 Å². The number of hydrogen-bond donors (Lipinski definition) is 1. The second kappa shape index (κ2) is 7.62. The summed E-state index contributed by atoms with van der Waals surface area (Å²) in [6.45, 7) is 5.92. The van der Waals surface area contributed by atoms with Gasteiger partial charge in [-0.2, -0.15) is 0 Å². The summed E-state index contributed by atoms with van der Waals surface area (Å²) in [6, 6.07) is 12.9. The van der Waals surface area contributed by atoms with Gasteiger partial charge in [0.25, 0.3) is 5.91 Å². The first-order valence-electron chi connectivity index (χ1n) is 8.16. The zero-order chi connectivity index (χ0) is 18.7. The van der Waals surface area contributed by atoms with E-state index in [1.807, 2.05) is 32.0 Å². The lowest BCUT2D eigenvalue weighted by Gasteiger charge is -2.10. The summed E-state index contributed by atoms with van der Waals surface area (Å²) in [5, 5.41) is 7.20. The van der Waals surface area contributed by atoms with E-state index in [2.05, 4.69) is 10.5 Å². The van der Waals surface area contributed by atoms with E-state index in [9.17, 15) is 4.79 Å². The van der Waals surface area contributed by atoms with Crippen molar-refractivity contribution in [2.75, 3.05) is 5.32 Å². The Morgan fingerprint density at radius 2 is 2.00 bits per heavy atom. The molecule has 1 aromatic heterocycles. The number of halogens is 1. The molecule has 3 aromatic rings. The molecule has 0 aliphatic rings. The molecule has 0 saturated carbocycles. The van der Waals surface area contributed by atoms with Crippen molar-refractivity contribution in [3.05, 3.63) is 75.6 Å². The third kappa shape index (κ3) is 4.06. The van der Waals surface area contributed by atoms with Crippen LogP contribution in [0, 0.1) is 20.8 Å². The van der Waals surface area contributed by atoms with E-state index in [4.69, 9.17) is 20.9 Å². The highest BCUT2D eigenvalue weighted by Crippen LogP contribution is 2.23. The third-order valence-corrected chi connectivity index (χ3v) is 4.23. The highest BCUT2D eigenvalue weighted by molar-refractivity contribution is 6.30. The van der Waals surface area contributed by atoms with Gasteiger partial charge in [0.05, 0.1) is 5.56 Å². The van der Waals surface area contributed by atoms with E-state index in [1.54, 1.807) is 31.2 Å². The monoisotopic (exact) mass is 370 g/mol. The molecule has 1 N–H and O–H groups in total. The Morgan fingerprint density at radius 1 is 1.19 bits per heavy atom. The van der Waals surface area contributed by atoms with Gasteiger partial charge in [-0.3, -0.25) is 4.79 Å². The smallest absolute Gasteiger partial charge is 0.278 e. The maximum Gasteiger partial charge on any atom is 0.278 e. The van der Waals surface area contributed by atoms with Gasteiger partial charge in [-0.05, 0) is 56.2 Å². The molecular formula is C20H19ClN2O3. The molecule has 0 radical (unpaired) electrons. The first-order valence-corrected chi connectivity index (χ1v) is 8.54. The number of benzene rings is 2. The minimum absolute atomic E-state index is 0.192. The fourth-order valence-electron chi connectivity index (χ4n) is 2.51. The molecule has 0 unspecified atom stereocenters. The van der Waals surface area contributed by atoms with Crippen LogP contribution in [0.15, 0.2) is 47.0 Å². The fourth-order valence-corrected chi connectivity index (χ4v) is 2.70. The number of aryl methyl sites for hydroxylation is 3. The van der Waals surface area contributed by atoms with Gasteiger partial charge >= 0.3 is 0 Å². The van der Waals surface area contributed by atoms with E-state index in [1.165, 1.54) is 0 Å². The van der Waals surface area contributed by atoms with Crippen molar-refractivity contribution in [1.29, 1.82) is 0 Å². The van der Waals surface area contributed by atoms with Crippen LogP contribution in [-0.4, -0.2) is 11.1 Å². The van der Waals surface area contributed by atoms with Crippen LogP contribution in [0.2, 0.25) is 5.02 Å². The number of amides is 1. The van der Waals surface area contributed by atoms with Crippen molar-refractivity contribution in [3.8, 4) is 5.75 Å². The lowest BCUT2D eigenvalue weighted by molar-refractivity contribution is 0.101. The predicted molar refractivity (Wildman–Crippen MR) is 101 cm³/mol. The van der Waals surface area contributed by atoms with Crippen molar-refractivity contribution in [2.45, 2.75) is 27.4 Å². The molecule has 3 rings (SSSR count). The molecule has 0 aliphatic heterocycles. The predicted octanol–water partition coefficient (Wildman–Crippen LogP) is 5.08. The standard InChI is InChI=1S/C20H19ClN2O3/c1-12-7-8-13(2)18(9-12)25-11-17-14(3)26-23-19(17)20(24)22-16-6-4-5-15(21)10-16/h4-10H,11H2,1-3H3,(H,22,24). The van der Waals surface area contributed by atoms with Gasteiger partial charge in [0.1, 0.15) is 18.1 Å². The molecule has 6 heteroatoms. The maximum absolute atomic E-state index is 12.6. The molecule has 0 bridgehead atoms. The van der Waals surface area contributed by atoms with Gasteiger partial charge in [-0.25, -0.2) is 0 Å². The Morgan fingerprint density at radius 3 is 2.77 bits per heavy atom. The summed E-state index contributed by atoms with van der Waals surface area (Å²) < 4.78 is 11.1. The van der Waals surface area contributed by atoms with Crippen LogP contribution in [0.3, 0.4) is 0 Å². The van der Waals surface area contributed by atoms with Crippen molar-refractivity contribution >= 4 is 23.2 Å². The van der Waals surface area contributed by atoms with Crippen LogP contribution in [0.1, 0.15) is 32.9 Å². The maximum atomic E-state index is 12.6. The van der Waals surface area contributed by atoms with E-state index < -0.39 is 0 Å². The van der Waals surface area contributed by atoms with E-state index in [0.717, 1.165) is 16.9 Å². The van der Waals surface area contributed by atoms with Gasteiger partial charge in [-0.15, -0.1) is 0 Å². The minimum atomic E-state index is -0.372. The summed E-state index contributed by atoms with van der Waals surface area (Å²) >= 11 is 5.95. The van der Waals surface area contributed by atoms with Crippen molar-refractivity contribution < 1.29 is 14.1 Å². The quantitative estimate of drug-likeness (QED) is 0.679. The number of anilines is 1. The van der Waals surface area contributed by atoms with Gasteiger partial charge in [0, 0.05) is 10.7 Å². The number of aromatic nitrogens is 1. The average Bonchev–Trinajstić information content (AvgIpc) is 2.96. The number of rotatable bonds is 5. The summed E-state index contributed by atoms with van der Waals surface area (Å²) in [5.41, 5.74) is 3.53. The molecule has 0 aliphatic carbocycles. The number of carbonyl (C=O) groups is 1. The fraction of sp³-hybridized carbons (Fsp3) is 0.200. The molecule has 5 nitrogen and oxygen atoms in total. The normalized spacial score (nSPS) is 10.6. The molecule has 1 amide bonds. The summed E-state index contributed by atoms with van der Waals surface area (Å²) in [4.78, 5) is 12.6. The van der Waals surface area contributed by atoms with E-state index in [0.29, 0.717) is 22.0 Å². The molecule has 0 fully saturated rings. The molecule has 2 aromatic carbocycles. The Kier molecular flexibility index (Phi) is 5.28. The number of hydrogen-bond acceptors (Lipinski definition) is 4. The second-order valence-electron chi connectivity index (χ2n) is 6.09. The SMILES string of the molecule is Cc1ccc(C)c(OCc2c(C(=O)Nc3cccc(Cl)c3)noc2C)c1. The summed E-state index contributed by atoms with van der Waals surface area (Å²) in [5.74, 6) is 0.946. The first-order chi connectivity index (χ1) is 12.4. The third-order valence-electron chi connectivity index (χ3n) is 4.00. The average molecular weight is 371 g/mol. The Bertz CT molecular complexity index is 950. The highest BCUT2D eigenvalue weighted by Gasteiger charge is 2.21. The number of nitrogens with zero attached hydrogens (tertiary/aromatic N) is 1. The number of carbonyl (C=O) groups excluding carboxylic acids is 1. The van der Waals surface area contributed by atoms with Crippen molar-refractivity contribution in [1.82, 2.24) is 5.16 Å². The van der Waals surface area contributed by atoms with Crippen LogP contribution < -0.4 is 10.1 Å². The van der Waals surface area contributed by atoms with Gasteiger partial charge in [-0.1, -0.05) is 35.0 Å². The Balaban J connectivity index is 1.78. The molecule has 1 heterocycles. The second-order valence-corrected chi connectivity index (χ2v) is 6.52. The Hall–Kier alpha value is -2.79. The van der Waals surface area contributed by atoms with Gasteiger partial charge in [0.15, 0.2) is 5.69 Å². The number of ether oxygens (including phenoxy) is 1. The Labute approximate surface area is 156 Å². The minimum Gasteiger partial charge on any atom is -0.488 e. The lowest BCUT2D eigenvalue weighted by Crippen LogP contribution is -2.15. The molecule has 0 saturated heterocycles. The molecule has 26 heavy (non-hydrogen) atoms. The topological polar surface area (TPSA) is 64.4 Å². The zero-order valence-corrected chi connectivity index (χ0v) is 15.6. The zero-order valence-electron chi connectivity index (χ0n) is 14.8. The summed E-state index contributed by atoms with van der Waals surface area (Å²) in [7, 11) is 0. The molecule has 0 spiro atoms. The van der Waals surface area contributed by atoms with E-state index >= 15 is 0 Å². The largest absolute Gasteiger partial charge is 0.488 e. The molecule has 0 atom stereocenters. The van der Waals surface area contributed by atoms with Crippen LogP contribution >= 0.6 is 11.6 Å². The van der Waals surface area contributed by atoms with Crippen molar-refractivity contribution in [2.24, 2.45) is 0 Å². The first kappa shape index (κ1) is 18.0. The van der Waals surface area contributed by atoms with Gasteiger partial charge < -0.3 is 14.6 Å². The van der Waals surface area contributed by atoms with Gasteiger partial charge in [0.2, 0.25) is 0 Å².